The smallest absolute Gasteiger partial charge is 0.350 e. The van der Waals surface area contributed by atoms with Crippen LogP contribution in [0.2, 0.25) is 0 Å². The van der Waals surface area contributed by atoms with E-state index in [0.29, 0.717) is 17.4 Å². The van der Waals surface area contributed by atoms with Crippen LogP contribution in [0.15, 0.2) is 0 Å². The normalized spacial score (nSPS) is 19.7. The van der Waals surface area contributed by atoms with Gasteiger partial charge >= 0.3 is 5.97 Å². The average Bonchev–Trinajstić information content (AvgIpc) is 2.85. The number of carbonyl (C=O) groups is 1. The van der Waals surface area contributed by atoms with E-state index in [9.17, 15) is 4.79 Å². The van der Waals surface area contributed by atoms with Crippen molar-refractivity contribution < 1.29 is 9.53 Å². The lowest BCUT2D eigenvalue weighted by Crippen LogP contribution is -2.28. The van der Waals surface area contributed by atoms with Crippen LogP contribution in [0.4, 0.5) is 0 Å². The maximum atomic E-state index is 12.0. The summed E-state index contributed by atoms with van der Waals surface area (Å²) in [6.45, 7) is 8.44. The molecular formula is C14H22N2O2S. The van der Waals surface area contributed by atoms with Crippen LogP contribution in [0.3, 0.4) is 0 Å². The van der Waals surface area contributed by atoms with Gasteiger partial charge in [-0.25, -0.2) is 9.78 Å². The van der Waals surface area contributed by atoms with Crippen LogP contribution in [0.5, 0.6) is 0 Å². The second-order valence-electron chi connectivity index (χ2n) is 5.18. The van der Waals surface area contributed by atoms with Crippen molar-refractivity contribution in [3.63, 3.8) is 0 Å². The first-order valence-electron chi connectivity index (χ1n) is 7.02. The molecule has 19 heavy (non-hydrogen) atoms. The number of ether oxygens (including phenoxy) is 1. The van der Waals surface area contributed by atoms with Gasteiger partial charge in [0.25, 0.3) is 0 Å². The highest BCUT2D eigenvalue weighted by atomic mass is 32.1. The third-order valence-electron chi connectivity index (χ3n) is 3.32. The SMILES string of the molecule is CCOC(=O)c1sc(C2CCCNC2)nc1C(C)C. The summed E-state index contributed by atoms with van der Waals surface area (Å²) in [6.07, 6.45) is 2.33. The lowest BCUT2D eigenvalue weighted by atomic mass is 10.0. The molecule has 5 heteroatoms. The summed E-state index contributed by atoms with van der Waals surface area (Å²) in [5, 5.41) is 4.48. The monoisotopic (exact) mass is 282 g/mol. The molecule has 1 saturated heterocycles. The molecule has 1 aliphatic rings. The Labute approximate surface area is 118 Å². The molecule has 2 rings (SSSR count). The van der Waals surface area contributed by atoms with E-state index in [1.165, 1.54) is 17.8 Å². The predicted octanol–water partition coefficient (Wildman–Crippen LogP) is 2.91. The number of hydrogen-bond donors (Lipinski definition) is 1. The first kappa shape index (κ1) is 14.5. The minimum absolute atomic E-state index is 0.223. The number of hydrogen-bond acceptors (Lipinski definition) is 5. The number of esters is 1. The van der Waals surface area contributed by atoms with E-state index in [0.717, 1.165) is 30.2 Å². The van der Waals surface area contributed by atoms with Crippen molar-refractivity contribution >= 4 is 17.3 Å². The van der Waals surface area contributed by atoms with Crippen LogP contribution in [-0.4, -0.2) is 30.6 Å². The van der Waals surface area contributed by atoms with Gasteiger partial charge in [-0.05, 0) is 32.2 Å². The van der Waals surface area contributed by atoms with E-state index < -0.39 is 0 Å². The molecular weight excluding hydrogens is 260 g/mol. The number of carbonyl (C=O) groups excluding carboxylic acids is 1. The fraction of sp³-hybridized carbons (Fsp3) is 0.714. The van der Waals surface area contributed by atoms with Gasteiger partial charge in [0.2, 0.25) is 0 Å². The minimum atomic E-state index is -0.223. The van der Waals surface area contributed by atoms with Crippen molar-refractivity contribution in [2.45, 2.75) is 45.4 Å². The molecule has 0 bridgehead atoms. The summed E-state index contributed by atoms with van der Waals surface area (Å²) < 4.78 is 5.14. The highest BCUT2D eigenvalue weighted by Crippen LogP contribution is 2.32. The van der Waals surface area contributed by atoms with Crippen molar-refractivity contribution in [3.05, 3.63) is 15.6 Å². The Morgan fingerprint density at radius 2 is 2.37 bits per heavy atom. The molecule has 1 aromatic rings. The molecule has 106 valence electrons. The lowest BCUT2D eigenvalue weighted by Gasteiger charge is -2.20. The Morgan fingerprint density at radius 1 is 1.58 bits per heavy atom. The quantitative estimate of drug-likeness (QED) is 0.863. The van der Waals surface area contributed by atoms with Crippen molar-refractivity contribution in [1.29, 1.82) is 0 Å². The molecule has 0 radical (unpaired) electrons. The van der Waals surface area contributed by atoms with Gasteiger partial charge in [0.1, 0.15) is 4.88 Å². The minimum Gasteiger partial charge on any atom is -0.462 e. The first-order valence-corrected chi connectivity index (χ1v) is 7.83. The Kier molecular flexibility index (Phi) is 4.93. The van der Waals surface area contributed by atoms with Gasteiger partial charge < -0.3 is 10.1 Å². The second-order valence-corrected chi connectivity index (χ2v) is 6.22. The van der Waals surface area contributed by atoms with Gasteiger partial charge in [-0.15, -0.1) is 11.3 Å². The van der Waals surface area contributed by atoms with Gasteiger partial charge in [-0.2, -0.15) is 0 Å². The van der Waals surface area contributed by atoms with Crippen molar-refractivity contribution in [1.82, 2.24) is 10.3 Å². The molecule has 1 aromatic heterocycles. The van der Waals surface area contributed by atoms with Crippen molar-refractivity contribution in [3.8, 4) is 0 Å². The van der Waals surface area contributed by atoms with Gasteiger partial charge in [0, 0.05) is 12.5 Å². The Hall–Kier alpha value is -0.940. The highest BCUT2D eigenvalue weighted by Gasteiger charge is 2.25. The van der Waals surface area contributed by atoms with E-state index in [-0.39, 0.29) is 11.9 Å². The molecule has 0 saturated carbocycles. The van der Waals surface area contributed by atoms with Crippen molar-refractivity contribution in [2.75, 3.05) is 19.7 Å². The molecule has 4 nitrogen and oxygen atoms in total. The van der Waals surface area contributed by atoms with Crippen LogP contribution in [0, 0.1) is 0 Å². The third-order valence-corrected chi connectivity index (χ3v) is 4.54. The molecule has 1 atom stereocenters. The molecule has 1 unspecified atom stereocenters. The van der Waals surface area contributed by atoms with Crippen LogP contribution < -0.4 is 5.32 Å². The first-order chi connectivity index (χ1) is 9.13. The fourth-order valence-electron chi connectivity index (χ4n) is 2.32. The second kappa shape index (κ2) is 6.48. The number of nitrogens with one attached hydrogen (secondary N) is 1. The maximum Gasteiger partial charge on any atom is 0.350 e. The maximum absolute atomic E-state index is 12.0. The zero-order valence-corrected chi connectivity index (χ0v) is 12.7. The Morgan fingerprint density at radius 3 is 2.95 bits per heavy atom. The van der Waals surface area contributed by atoms with E-state index in [1.807, 2.05) is 6.92 Å². The number of nitrogens with zero attached hydrogens (tertiary/aromatic N) is 1. The molecule has 1 fully saturated rings. The molecule has 0 amide bonds. The summed E-state index contributed by atoms with van der Waals surface area (Å²) in [7, 11) is 0. The van der Waals surface area contributed by atoms with E-state index in [4.69, 9.17) is 9.72 Å². The summed E-state index contributed by atoms with van der Waals surface area (Å²) in [5.41, 5.74) is 0.893. The number of thiazole rings is 1. The van der Waals surface area contributed by atoms with E-state index in [2.05, 4.69) is 19.2 Å². The number of rotatable bonds is 4. The van der Waals surface area contributed by atoms with Crippen LogP contribution in [0.25, 0.3) is 0 Å². The van der Waals surface area contributed by atoms with Crippen LogP contribution in [0.1, 0.15) is 65.8 Å². The molecule has 0 aliphatic carbocycles. The van der Waals surface area contributed by atoms with E-state index in [1.54, 1.807) is 0 Å². The molecule has 2 heterocycles. The largest absolute Gasteiger partial charge is 0.462 e. The summed E-state index contributed by atoms with van der Waals surface area (Å²) in [6, 6.07) is 0. The average molecular weight is 282 g/mol. The summed E-state index contributed by atoms with van der Waals surface area (Å²) >= 11 is 1.52. The summed E-state index contributed by atoms with van der Waals surface area (Å²) in [5.74, 6) is 0.471. The zero-order chi connectivity index (χ0) is 13.8. The van der Waals surface area contributed by atoms with Gasteiger partial charge in [0.05, 0.1) is 17.3 Å². The Bertz CT molecular complexity index is 437. The lowest BCUT2D eigenvalue weighted by molar-refractivity contribution is 0.0530. The van der Waals surface area contributed by atoms with Crippen molar-refractivity contribution in [2.24, 2.45) is 0 Å². The molecule has 0 spiro atoms. The van der Waals surface area contributed by atoms with E-state index >= 15 is 0 Å². The Balaban J connectivity index is 2.26. The molecule has 1 N–H and O–H groups in total. The van der Waals surface area contributed by atoms with Gasteiger partial charge in [0.15, 0.2) is 0 Å². The zero-order valence-electron chi connectivity index (χ0n) is 11.9. The van der Waals surface area contributed by atoms with Gasteiger partial charge in [-0.1, -0.05) is 13.8 Å². The highest BCUT2D eigenvalue weighted by molar-refractivity contribution is 7.13. The predicted molar refractivity (Wildman–Crippen MR) is 77.0 cm³/mol. The standard InChI is InChI=1S/C14H22N2O2S/c1-4-18-14(17)12-11(9(2)3)16-13(19-12)10-6-5-7-15-8-10/h9-10,15H,4-8H2,1-3H3. The number of aromatic nitrogens is 1. The summed E-state index contributed by atoms with van der Waals surface area (Å²) in [4.78, 5) is 17.4. The molecule has 0 aromatic carbocycles. The van der Waals surface area contributed by atoms with Crippen LogP contribution >= 0.6 is 11.3 Å². The number of piperidine rings is 1. The third kappa shape index (κ3) is 3.34. The van der Waals surface area contributed by atoms with Gasteiger partial charge in [-0.3, -0.25) is 0 Å². The topological polar surface area (TPSA) is 51.2 Å². The fourth-order valence-corrected chi connectivity index (χ4v) is 3.57. The molecule has 1 aliphatic heterocycles. The van der Waals surface area contributed by atoms with Crippen LogP contribution in [-0.2, 0) is 4.74 Å².